The average molecular weight is 512 g/mol. The van der Waals surface area contributed by atoms with Crippen LogP contribution in [0.1, 0.15) is 112 Å². The second-order valence-electron chi connectivity index (χ2n) is 15.6. The Hall–Kier alpha value is -1.10. The normalized spacial score (nSPS) is 56.9. The minimum Gasteiger partial charge on any atom is -0.461 e. The SMILES string of the molecule is CC(=O)OC1CCC2(C)OC(=O)C1(C)C2CCC12C3NC4C(CCC45CCCC51)C2(C)CCC3C(C)C. The van der Waals surface area contributed by atoms with Gasteiger partial charge in [0.15, 0.2) is 0 Å². The fourth-order valence-electron chi connectivity index (χ4n) is 13.0. The summed E-state index contributed by atoms with van der Waals surface area (Å²) in [5, 5.41) is 4.43. The van der Waals surface area contributed by atoms with Crippen LogP contribution in [0.15, 0.2) is 0 Å². The van der Waals surface area contributed by atoms with Crippen molar-refractivity contribution in [2.75, 3.05) is 0 Å². The summed E-state index contributed by atoms with van der Waals surface area (Å²) in [6, 6.07) is 1.31. The molecule has 3 aliphatic heterocycles. The average Bonchev–Trinajstić information content (AvgIpc) is 3.44. The Balaban J connectivity index is 1.30. The number of esters is 2. The summed E-state index contributed by atoms with van der Waals surface area (Å²) in [5.41, 5.74) is -0.0159. The summed E-state index contributed by atoms with van der Waals surface area (Å²) in [6.45, 7) is 13.3. The van der Waals surface area contributed by atoms with Gasteiger partial charge in [-0.1, -0.05) is 27.2 Å². The minimum atomic E-state index is -0.742. The van der Waals surface area contributed by atoms with Crippen molar-refractivity contribution in [2.24, 2.45) is 51.2 Å². The molecule has 1 N–H and O–H groups in total. The zero-order valence-corrected chi connectivity index (χ0v) is 24.0. The van der Waals surface area contributed by atoms with Gasteiger partial charge in [-0.15, -0.1) is 0 Å². The number of piperidine rings is 2. The van der Waals surface area contributed by atoms with E-state index < -0.39 is 11.0 Å². The molecular formula is C32H49NO4. The molecule has 0 amide bonds. The molecule has 5 saturated carbocycles. The Morgan fingerprint density at radius 1 is 1.05 bits per heavy atom. The van der Waals surface area contributed by atoms with Crippen molar-refractivity contribution in [1.29, 1.82) is 0 Å². The van der Waals surface area contributed by atoms with Crippen molar-refractivity contribution in [3.8, 4) is 0 Å². The maximum atomic E-state index is 13.5. The summed E-state index contributed by atoms with van der Waals surface area (Å²) >= 11 is 0. The van der Waals surface area contributed by atoms with Crippen LogP contribution in [0.2, 0.25) is 0 Å². The Morgan fingerprint density at radius 3 is 2.57 bits per heavy atom. The Kier molecular flexibility index (Phi) is 5.08. The molecule has 5 nitrogen and oxygen atoms in total. The van der Waals surface area contributed by atoms with E-state index >= 15 is 0 Å². The zero-order valence-electron chi connectivity index (χ0n) is 24.0. The van der Waals surface area contributed by atoms with Gasteiger partial charge in [0, 0.05) is 24.9 Å². The van der Waals surface area contributed by atoms with Gasteiger partial charge in [-0.05, 0) is 118 Å². The molecule has 3 saturated heterocycles. The Labute approximate surface area is 223 Å². The summed E-state index contributed by atoms with van der Waals surface area (Å²) in [5.74, 6) is 2.69. The lowest BCUT2D eigenvalue weighted by molar-refractivity contribution is -0.249. The van der Waals surface area contributed by atoms with Gasteiger partial charge in [0.25, 0.3) is 0 Å². The molecule has 5 aliphatic carbocycles. The molecule has 8 rings (SSSR count). The Morgan fingerprint density at radius 2 is 1.84 bits per heavy atom. The van der Waals surface area contributed by atoms with Crippen molar-refractivity contribution < 1.29 is 19.1 Å². The van der Waals surface area contributed by atoms with Crippen LogP contribution in [0.5, 0.6) is 0 Å². The second-order valence-corrected chi connectivity index (χ2v) is 15.6. The van der Waals surface area contributed by atoms with E-state index in [1.807, 2.05) is 6.92 Å². The van der Waals surface area contributed by atoms with E-state index in [-0.39, 0.29) is 29.4 Å². The van der Waals surface area contributed by atoms with E-state index in [0.717, 1.165) is 36.6 Å². The number of carbonyl (C=O) groups excluding carboxylic acids is 2. The van der Waals surface area contributed by atoms with Crippen LogP contribution in [0.4, 0.5) is 0 Å². The van der Waals surface area contributed by atoms with Crippen molar-refractivity contribution in [3.63, 3.8) is 0 Å². The number of nitrogens with one attached hydrogen (secondary N) is 1. The highest BCUT2D eigenvalue weighted by Gasteiger charge is 2.80. The molecule has 1 spiro atoms. The lowest BCUT2D eigenvalue weighted by Gasteiger charge is -2.76. The largest absolute Gasteiger partial charge is 0.461 e. The number of rotatable bonds is 5. The number of carbonyl (C=O) groups is 2. The van der Waals surface area contributed by atoms with Gasteiger partial charge in [0.05, 0.1) is 0 Å². The maximum absolute atomic E-state index is 13.5. The molecule has 8 bridgehead atoms. The highest BCUT2D eigenvalue weighted by molar-refractivity contribution is 5.82. The first-order valence-electron chi connectivity index (χ1n) is 15.6. The summed E-state index contributed by atoms with van der Waals surface area (Å²) in [4.78, 5) is 25.5. The van der Waals surface area contributed by atoms with E-state index in [0.29, 0.717) is 29.2 Å². The monoisotopic (exact) mass is 511 g/mol. The fourth-order valence-corrected chi connectivity index (χ4v) is 13.0. The fraction of sp³-hybridized carbons (Fsp3) is 0.938. The van der Waals surface area contributed by atoms with Crippen molar-refractivity contribution in [1.82, 2.24) is 5.32 Å². The molecule has 37 heavy (non-hydrogen) atoms. The zero-order chi connectivity index (χ0) is 26.2. The summed E-state index contributed by atoms with van der Waals surface area (Å²) in [7, 11) is 0. The molecule has 3 heterocycles. The van der Waals surface area contributed by atoms with Gasteiger partial charge in [-0.2, -0.15) is 0 Å². The van der Waals surface area contributed by atoms with Crippen LogP contribution in [0.3, 0.4) is 0 Å². The van der Waals surface area contributed by atoms with Gasteiger partial charge in [-0.3, -0.25) is 9.59 Å². The summed E-state index contributed by atoms with van der Waals surface area (Å²) < 4.78 is 12.0. The van der Waals surface area contributed by atoms with E-state index in [1.54, 1.807) is 0 Å². The smallest absolute Gasteiger partial charge is 0.316 e. The third-order valence-electron chi connectivity index (χ3n) is 14.4. The van der Waals surface area contributed by atoms with Crippen LogP contribution in [-0.4, -0.2) is 35.7 Å². The van der Waals surface area contributed by atoms with Crippen LogP contribution in [0.25, 0.3) is 0 Å². The first-order chi connectivity index (χ1) is 17.4. The first-order valence-corrected chi connectivity index (χ1v) is 15.6. The van der Waals surface area contributed by atoms with Crippen molar-refractivity contribution >= 4 is 11.9 Å². The molecule has 5 heteroatoms. The van der Waals surface area contributed by atoms with E-state index in [4.69, 9.17) is 9.47 Å². The van der Waals surface area contributed by atoms with E-state index in [1.165, 1.54) is 58.3 Å². The molecule has 12 atom stereocenters. The lowest BCUT2D eigenvalue weighted by Crippen LogP contribution is -2.80. The molecule has 0 radical (unpaired) electrons. The van der Waals surface area contributed by atoms with Gasteiger partial charge in [0.1, 0.15) is 17.1 Å². The van der Waals surface area contributed by atoms with Crippen LogP contribution in [-0.2, 0) is 19.1 Å². The molecule has 0 aromatic carbocycles. The minimum absolute atomic E-state index is 0.0939. The predicted molar refractivity (Wildman–Crippen MR) is 141 cm³/mol. The van der Waals surface area contributed by atoms with E-state index in [9.17, 15) is 9.59 Å². The second kappa shape index (κ2) is 7.55. The molecule has 8 aliphatic rings. The molecule has 0 aromatic rings. The summed E-state index contributed by atoms with van der Waals surface area (Å²) in [6.07, 6.45) is 13.1. The number of ether oxygens (including phenoxy) is 2. The third-order valence-corrected chi connectivity index (χ3v) is 14.4. The van der Waals surface area contributed by atoms with Crippen molar-refractivity contribution in [3.05, 3.63) is 0 Å². The molecule has 206 valence electrons. The highest BCUT2D eigenvalue weighted by atomic mass is 16.6. The molecule has 12 unspecified atom stereocenters. The number of fused-ring (bicyclic) bond motifs is 2. The van der Waals surface area contributed by atoms with Gasteiger partial charge >= 0.3 is 11.9 Å². The van der Waals surface area contributed by atoms with Gasteiger partial charge in [-0.25, -0.2) is 0 Å². The molecule has 8 fully saturated rings. The quantitative estimate of drug-likeness (QED) is 0.456. The predicted octanol–water partition coefficient (Wildman–Crippen LogP) is 6.04. The number of hydrogen-bond donors (Lipinski definition) is 1. The first kappa shape index (κ1) is 24.9. The van der Waals surface area contributed by atoms with E-state index in [2.05, 4.69) is 33.0 Å². The van der Waals surface area contributed by atoms with Crippen molar-refractivity contribution in [2.45, 2.75) is 136 Å². The maximum Gasteiger partial charge on any atom is 0.316 e. The number of hydrogen-bond acceptors (Lipinski definition) is 5. The lowest BCUT2D eigenvalue weighted by atomic mass is 9.33. The standard InChI is InChI=1S/C32H49NO4/c1-18(2)20-9-14-28(4)21-10-16-31-13-7-8-23(31)32(28,25(20)33-26(21)31)17-11-22-29(5)15-12-24(36-19(3)34)30(22,6)27(35)37-29/h18,20-26,33H,7-17H2,1-6H3. The third kappa shape index (κ3) is 2.72. The van der Waals surface area contributed by atoms with Crippen LogP contribution >= 0.6 is 0 Å². The Bertz CT molecular complexity index is 1030. The highest BCUT2D eigenvalue weighted by Crippen LogP contribution is 2.81. The van der Waals surface area contributed by atoms with Gasteiger partial charge in [0.2, 0.25) is 0 Å². The topological polar surface area (TPSA) is 64.6 Å². The molecule has 0 aromatic heterocycles. The van der Waals surface area contributed by atoms with Crippen LogP contribution in [0, 0.1) is 51.2 Å². The van der Waals surface area contributed by atoms with Gasteiger partial charge < -0.3 is 14.8 Å². The van der Waals surface area contributed by atoms with Crippen LogP contribution < -0.4 is 5.32 Å². The molecular weight excluding hydrogens is 462 g/mol.